The molecular weight excluding hydrogens is 246 g/mol. The highest BCUT2D eigenvalue weighted by molar-refractivity contribution is 5.76. The Morgan fingerprint density at radius 2 is 2.32 bits per heavy atom. The number of rotatable bonds is 6. The van der Waals surface area contributed by atoms with E-state index in [0.29, 0.717) is 31.4 Å². The fraction of sp³-hybridized carbons (Fsp3) is 0.750. The van der Waals surface area contributed by atoms with Crippen LogP contribution < -0.4 is 10.6 Å². The Balaban J connectivity index is 1.81. The lowest BCUT2D eigenvalue weighted by molar-refractivity contribution is -0.132. The molecule has 7 heteroatoms. The van der Waals surface area contributed by atoms with Gasteiger partial charge in [0, 0.05) is 26.1 Å². The fourth-order valence-corrected chi connectivity index (χ4v) is 2.06. The minimum atomic E-state index is 0.180. The molecule has 1 aromatic heterocycles. The van der Waals surface area contributed by atoms with Crippen molar-refractivity contribution < 1.29 is 9.21 Å². The Labute approximate surface area is 112 Å². The van der Waals surface area contributed by atoms with Crippen molar-refractivity contribution in [3.05, 3.63) is 5.89 Å². The second kappa shape index (κ2) is 6.51. The first kappa shape index (κ1) is 13.8. The van der Waals surface area contributed by atoms with E-state index in [1.807, 2.05) is 7.05 Å². The van der Waals surface area contributed by atoms with Crippen LogP contribution in [0, 0.1) is 0 Å². The number of nitrogens with zero attached hydrogens (tertiary/aromatic N) is 3. The van der Waals surface area contributed by atoms with E-state index < -0.39 is 0 Å². The first-order valence-electron chi connectivity index (χ1n) is 6.72. The zero-order valence-corrected chi connectivity index (χ0v) is 11.5. The SMILES string of the molecule is CCCNCc1nnc(NC2CCC(=O)N(C)C2)o1. The number of carbonyl (C=O) groups excluding carboxylic acids is 1. The first-order valence-corrected chi connectivity index (χ1v) is 6.72. The van der Waals surface area contributed by atoms with Crippen molar-refractivity contribution in [3.8, 4) is 0 Å². The Bertz CT molecular complexity index is 420. The number of hydrogen-bond donors (Lipinski definition) is 2. The summed E-state index contributed by atoms with van der Waals surface area (Å²) in [6.07, 6.45) is 2.43. The molecule has 2 heterocycles. The van der Waals surface area contributed by atoms with Crippen molar-refractivity contribution in [2.45, 2.75) is 38.8 Å². The minimum absolute atomic E-state index is 0.180. The van der Waals surface area contributed by atoms with Gasteiger partial charge in [-0.1, -0.05) is 12.0 Å². The van der Waals surface area contributed by atoms with Gasteiger partial charge in [0.25, 0.3) is 0 Å². The lowest BCUT2D eigenvalue weighted by atomic mass is 10.1. The summed E-state index contributed by atoms with van der Waals surface area (Å²) in [5.74, 6) is 0.768. The van der Waals surface area contributed by atoms with Gasteiger partial charge in [0.2, 0.25) is 11.8 Å². The van der Waals surface area contributed by atoms with Gasteiger partial charge in [0.1, 0.15) is 0 Å². The van der Waals surface area contributed by atoms with Crippen LogP contribution in [-0.4, -0.2) is 47.2 Å². The summed E-state index contributed by atoms with van der Waals surface area (Å²) in [5.41, 5.74) is 0. The lowest BCUT2D eigenvalue weighted by Gasteiger charge is -2.29. The maximum atomic E-state index is 11.4. The van der Waals surface area contributed by atoms with Crippen LogP contribution in [0.5, 0.6) is 0 Å². The van der Waals surface area contributed by atoms with Crippen LogP contribution in [0.4, 0.5) is 6.01 Å². The fourth-order valence-electron chi connectivity index (χ4n) is 2.06. The molecule has 1 saturated heterocycles. The molecule has 0 spiro atoms. The molecule has 19 heavy (non-hydrogen) atoms. The van der Waals surface area contributed by atoms with E-state index in [9.17, 15) is 4.79 Å². The Kier molecular flexibility index (Phi) is 4.73. The molecule has 0 saturated carbocycles. The van der Waals surface area contributed by atoms with Crippen LogP contribution in [0.15, 0.2) is 4.42 Å². The van der Waals surface area contributed by atoms with E-state index in [1.165, 1.54) is 0 Å². The van der Waals surface area contributed by atoms with Crippen LogP contribution in [-0.2, 0) is 11.3 Å². The van der Waals surface area contributed by atoms with E-state index >= 15 is 0 Å². The third-order valence-corrected chi connectivity index (χ3v) is 3.12. The molecule has 1 amide bonds. The van der Waals surface area contributed by atoms with Gasteiger partial charge in [0.15, 0.2) is 0 Å². The maximum Gasteiger partial charge on any atom is 0.315 e. The molecular formula is C12H21N5O2. The van der Waals surface area contributed by atoms with Crippen LogP contribution >= 0.6 is 0 Å². The molecule has 1 aliphatic heterocycles. The summed E-state index contributed by atoms with van der Waals surface area (Å²) < 4.78 is 5.50. The minimum Gasteiger partial charge on any atom is -0.407 e. The number of piperidine rings is 1. The quantitative estimate of drug-likeness (QED) is 0.734. The standard InChI is InChI=1S/C12H21N5O2/c1-3-6-13-7-10-15-16-12(19-10)14-9-4-5-11(18)17(2)8-9/h9,13H,3-8H2,1-2H3,(H,14,16). The molecule has 1 unspecified atom stereocenters. The lowest BCUT2D eigenvalue weighted by Crippen LogP contribution is -2.43. The Hall–Kier alpha value is -1.63. The molecule has 1 atom stereocenters. The largest absolute Gasteiger partial charge is 0.407 e. The number of likely N-dealkylation sites (N-methyl/N-ethyl adjacent to an activating group) is 1. The van der Waals surface area contributed by atoms with Gasteiger partial charge >= 0.3 is 6.01 Å². The van der Waals surface area contributed by atoms with Gasteiger partial charge in [-0.15, -0.1) is 5.10 Å². The average Bonchev–Trinajstić information content (AvgIpc) is 2.82. The third-order valence-electron chi connectivity index (χ3n) is 3.12. The molecule has 7 nitrogen and oxygen atoms in total. The normalized spacial score (nSPS) is 19.8. The second-order valence-electron chi connectivity index (χ2n) is 4.83. The topological polar surface area (TPSA) is 83.3 Å². The van der Waals surface area contributed by atoms with Gasteiger partial charge in [-0.25, -0.2) is 0 Å². The molecule has 0 aliphatic carbocycles. The predicted octanol–water partition coefficient (Wildman–Crippen LogP) is 0.602. The van der Waals surface area contributed by atoms with E-state index in [-0.39, 0.29) is 11.9 Å². The number of anilines is 1. The van der Waals surface area contributed by atoms with Crippen LogP contribution in [0.25, 0.3) is 0 Å². The highest BCUT2D eigenvalue weighted by atomic mass is 16.4. The smallest absolute Gasteiger partial charge is 0.315 e. The van der Waals surface area contributed by atoms with Gasteiger partial charge < -0.3 is 20.0 Å². The molecule has 0 aromatic carbocycles. The molecule has 106 valence electrons. The van der Waals surface area contributed by atoms with Gasteiger partial charge in [0.05, 0.1) is 6.54 Å². The summed E-state index contributed by atoms with van der Waals surface area (Å²) in [6.45, 7) is 4.30. The zero-order chi connectivity index (χ0) is 13.7. The first-order chi connectivity index (χ1) is 9.19. The van der Waals surface area contributed by atoms with Crippen molar-refractivity contribution in [2.24, 2.45) is 0 Å². The van der Waals surface area contributed by atoms with E-state index in [4.69, 9.17) is 4.42 Å². The van der Waals surface area contributed by atoms with Gasteiger partial charge in [-0.2, -0.15) is 0 Å². The van der Waals surface area contributed by atoms with E-state index in [0.717, 1.165) is 19.4 Å². The van der Waals surface area contributed by atoms with Gasteiger partial charge in [-0.05, 0) is 19.4 Å². The average molecular weight is 267 g/mol. The summed E-state index contributed by atoms with van der Waals surface area (Å²) in [4.78, 5) is 13.1. The van der Waals surface area contributed by atoms with Crippen molar-refractivity contribution in [1.29, 1.82) is 0 Å². The maximum absolute atomic E-state index is 11.4. The summed E-state index contributed by atoms with van der Waals surface area (Å²) in [7, 11) is 1.81. The van der Waals surface area contributed by atoms with Crippen molar-refractivity contribution in [3.63, 3.8) is 0 Å². The number of likely N-dealkylation sites (tertiary alicyclic amines) is 1. The third kappa shape index (κ3) is 3.92. The molecule has 1 fully saturated rings. The van der Waals surface area contributed by atoms with Crippen LogP contribution in [0.3, 0.4) is 0 Å². The summed E-state index contributed by atoms with van der Waals surface area (Å²) >= 11 is 0. The number of nitrogens with one attached hydrogen (secondary N) is 2. The predicted molar refractivity (Wildman–Crippen MR) is 70.6 cm³/mol. The number of aromatic nitrogens is 2. The summed E-state index contributed by atoms with van der Waals surface area (Å²) in [6, 6.07) is 0.612. The molecule has 0 radical (unpaired) electrons. The Morgan fingerprint density at radius 1 is 1.47 bits per heavy atom. The van der Waals surface area contributed by atoms with E-state index in [1.54, 1.807) is 4.90 Å². The molecule has 1 aliphatic rings. The highest BCUT2D eigenvalue weighted by Gasteiger charge is 2.23. The molecule has 0 bridgehead atoms. The van der Waals surface area contributed by atoms with E-state index in [2.05, 4.69) is 27.8 Å². The highest BCUT2D eigenvalue weighted by Crippen LogP contribution is 2.15. The second-order valence-corrected chi connectivity index (χ2v) is 4.83. The number of hydrogen-bond acceptors (Lipinski definition) is 6. The number of amides is 1. The van der Waals surface area contributed by atoms with Gasteiger partial charge in [-0.3, -0.25) is 4.79 Å². The van der Waals surface area contributed by atoms with Crippen molar-refractivity contribution in [2.75, 3.05) is 25.5 Å². The molecule has 1 aromatic rings. The Morgan fingerprint density at radius 3 is 3.05 bits per heavy atom. The number of carbonyl (C=O) groups is 1. The zero-order valence-electron chi connectivity index (χ0n) is 11.5. The monoisotopic (exact) mass is 267 g/mol. The van der Waals surface area contributed by atoms with Crippen molar-refractivity contribution >= 4 is 11.9 Å². The van der Waals surface area contributed by atoms with Crippen LogP contribution in [0.1, 0.15) is 32.1 Å². The van der Waals surface area contributed by atoms with Crippen molar-refractivity contribution in [1.82, 2.24) is 20.4 Å². The van der Waals surface area contributed by atoms with Crippen LogP contribution in [0.2, 0.25) is 0 Å². The molecule has 2 N–H and O–H groups in total. The summed E-state index contributed by atoms with van der Waals surface area (Å²) in [5, 5.41) is 14.3. The molecule has 2 rings (SSSR count).